The third-order valence-corrected chi connectivity index (χ3v) is 4.79. The van der Waals surface area contributed by atoms with Crippen molar-refractivity contribution < 1.29 is 14.1 Å². The molecule has 9 heteroatoms. The first-order chi connectivity index (χ1) is 11.6. The highest BCUT2D eigenvalue weighted by molar-refractivity contribution is 7.15. The summed E-state index contributed by atoms with van der Waals surface area (Å²) in [5.41, 5.74) is 2.13. The van der Waals surface area contributed by atoms with E-state index in [2.05, 4.69) is 25.7 Å². The van der Waals surface area contributed by atoms with Gasteiger partial charge in [0.05, 0.1) is 16.6 Å². The molecular formula is C15H15N5O3S. The van der Waals surface area contributed by atoms with E-state index in [0.29, 0.717) is 33.2 Å². The number of pyridine rings is 1. The van der Waals surface area contributed by atoms with Crippen molar-refractivity contribution in [3.05, 3.63) is 28.0 Å². The van der Waals surface area contributed by atoms with Crippen molar-refractivity contribution in [1.29, 1.82) is 0 Å². The molecule has 8 nitrogen and oxygen atoms in total. The normalized spacial score (nSPS) is 17.5. The number of hydrogen-bond acceptors (Lipinski definition) is 8. The number of anilines is 1. The van der Waals surface area contributed by atoms with Gasteiger partial charge in [-0.2, -0.15) is 0 Å². The Hall–Kier alpha value is -2.39. The highest BCUT2D eigenvalue weighted by atomic mass is 32.1. The smallest absolute Gasteiger partial charge is 0.258 e. The Labute approximate surface area is 141 Å². The predicted molar refractivity (Wildman–Crippen MR) is 87.1 cm³/mol. The molecule has 1 saturated heterocycles. The minimum Gasteiger partial charge on any atom is -0.371 e. The molecule has 0 bridgehead atoms. The summed E-state index contributed by atoms with van der Waals surface area (Å²) in [6.07, 6.45) is 1.95. The second-order valence-corrected chi connectivity index (χ2v) is 6.67. The summed E-state index contributed by atoms with van der Waals surface area (Å²) < 4.78 is 10.7. The maximum absolute atomic E-state index is 12.7. The van der Waals surface area contributed by atoms with Gasteiger partial charge in [-0.1, -0.05) is 16.5 Å². The molecule has 0 aromatic carbocycles. The first-order valence-corrected chi connectivity index (χ1v) is 8.43. The number of carbonyl (C=O) groups excluding carboxylic acids is 1. The molecule has 1 unspecified atom stereocenters. The molecule has 1 fully saturated rings. The van der Waals surface area contributed by atoms with Crippen LogP contribution < -0.4 is 5.32 Å². The zero-order chi connectivity index (χ0) is 16.7. The average Bonchev–Trinajstić information content (AvgIpc) is 3.27. The number of aryl methyl sites for hydroxylation is 2. The lowest BCUT2D eigenvalue weighted by atomic mass is 10.1. The van der Waals surface area contributed by atoms with E-state index in [-0.39, 0.29) is 12.0 Å². The van der Waals surface area contributed by atoms with Crippen molar-refractivity contribution in [3.63, 3.8) is 0 Å². The molecule has 0 radical (unpaired) electrons. The van der Waals surface area contributed by atoms with E-state index < -0.39 is 0 Å². The van der Waals surface area contributed by atoms with E-state index in [9.17, 15) is 4.79 Å². The number of hydrogen-bond donors (Lipinski definition) is 1. The zero-order valence-corrected chi connectivity index (χ0v) is 14.0. The van der Waals surface area contributed by atoms with E-state index in [1.165, 1.54) is 11.3 Å². The number of rotatable bonds is 3. The minimum atomic E-state index is -0.285. The SMILES string of the molecule is Cc1cc(C(=O)Nc2nnc(C3CCCO3)s2)c2c(C)noc2n1. The summed E-state index contributed by atoms with van der Waals surface area (Å²) in [5.74, 6) is -0.285. The van der Waals surface area contributed by atoms with Gasteiger partial charge in [-0.25, -0.2) is 4.98 Å². The molecule has 4 heterocycles. The first-order valence-electron chi connectivity index (χ1n) is 7.62. The highest BCUT2D eigenvalue weighted by Gasteiger charge is 2.23. The van der Waals surface area contributed by atoms with Gasteiger partial charge in [0.25, 0.3) is 11.6 Å². The molecule has 1 N–H and O–H groups in total. The topological polar surface area (TPSA) is 103 Å². The van der Waals surface area contributed by atoms with Crippen molar-refractivity contribution in [2.75, 3.05) is 11.9 Å². The van der Waals surface area contributed by atoms with Crippen LogP contribution in [0.15, 0.2) is 10.6 Å². The molecule has 1 amide bonds. The number of aromatic nitrogens is 4. The van der Waals surface area contributed by atoms with Gasteiger partial charge in [0, 0.05) is 12.3 Å². The van der Waals surface area contributed by atoms with E-state index >= 15 is 0 Å². The molecule has 1 aliphatic heterocycles. The molecule has 0 spiro atoms. The Morgan fingerprint density at radius 2 is 2.25 bits per heavy atom. The summed E-state index contributed by atoms with van der Waals surface area (Å²) in [6.45, 7) is 4.32. The van der Waals surface area contributed by atoms with Gasteiger partial charge in [0.15, 0.2) is 0 Å². The molecule has 1 aliphatic rings. The fraction of sp³-hybridized carbons (Fsp3) is 0.400. The average molecular weight is 345 g/mol. The quantitative estimate of drug-likeness (QED) is 0.778. The van der Waals surface area contributed by atoms with E-state index in [1.807, 2.05) is 0 Å². The highest BCUT2D eigenvalue weighted by Crippen LogP contribution is 2.32. The Balaban J connectivity index is 1.61. The predicted octanol–water partition coefficient (Wildman–Crippen LogP) is 2.79. The Morgan fingerprint density at radius 3 is 3.04 bits per heavy atom. The maximum Gasteiger partial charge on any atom is 0.258 e. The minimum absolute atomic E-state index is 0.0108. The molecule has 0 aliphatic carbocycles. The van der Waals surface area contributed by atoms with E-state index in [0.717, 1.165) is 24.5 Å². The van der Waals surface area contributed by atoms with Crippen LogP contribution >= 0.6 is 11.3 Å². The van der Waals surface area contributed by atoms with Gasteiger partial charge in [0.1, 0.15) is 11.1 Å². The van der Waals surface area contributed by atoms with E-state index in [1.54, 1.807) is 19.9 Å². The lowest BCUT2D eigenvalue weighted by Crippen LogP contribution is -2.13. The van der Waals surface area contributed by atoms with Crippen molar-refractivity contribution in [3.8, 4) is 0 Å². The second-order valence-electron chi connectivity index (χ2n) is 5.66. The van der Waals surface area contributed by atoms with Gasteiger partial charge in [0.2, 0.25) is 5.13 Å². The second kappa shape index (κ2) is 5.91. The third-order valence-electron chi connectivity index (χ3n) is 3.86. The number of amides is 1. The van der Waals surface area contributed by atoms with Crippen molar-refractivity contribution in [1.82, 2.24) is 20.3 Å². The lowest BCUT2D eigenvalue weighted by Gasteiger charge is -2.04. The van der Waals surface area contributed by atoms with Crippen LogP contribution in [0, 0.1) is 13.8 Å². The van der Waals surface area contributed by atoms with Crippen LogP contribution in [0.2, 0.25) is 0 Å². The van der Waals surface area contributed by atoms with Gasteiger partial charge >= 0.3 is 0 Å². The van der Waals surface area contributed by atoms with E-state index in [4.69, 9.17) is 9.26 Å². The molecule has 4 rings (SSSR count). The number of ether oxygens (including phenoxy) is 1. The molecule has 1 atom stereocenters. The standard InChI is InChI=1S/C15H15N5O3S/c1-7-6-9(11-8(2)20-23-13(11)16-7)12(21)17-15-19-18-14(24-15)10-4-3-5-22-10/h6,10H,3-5H2,1-2H3,(H,17,19,21). The van der Waals surface area contributed by atoms with Gasteiger partial charge in [-0.15, -0.1) is 10.2 Å². The first kappa shape index (κ1) is 15.2. The monoisotopic (exact) mass is 345 g/mol. The third kappa shape index (κ3) is 2.65. The molecule has 0 saturated carbocycles. The Bertz CT molecular complexity index is 913. The molecule has 24 heavy (non-hydrogen) atoms. The van der Waals surface area contributed by atoms with Gasteiger partial charge < -0.3 is 9.26 Å². The number of nitrogens with zero attached hydrogens (tertiary/aromatic N) is 4. The summed E-state index contributed by atoms with van der Waals surface area (Å²) in [6, 6.07) is 1.71. The molecule has 3 aromatic rings. The summed E-state index contributed by atoms with van der Waals surface area (Å²) in [7, 11) is 0. The molecule has 124 valence electrons. The van der Waals surface area contributed by atoms with Crippen LogP contribution in [0.3, 0.4) is 0 Å². The van der Waals surface area contributed by atoms with Crippen LogP contribution in [0.1, 0.15) is 45.7 Å². The largest absolute Gasteiger partial charge is 0.371 e. The van der Waals surface area contributed by atoms with Crippen molar-refractivity contribution in [2.24, 2.45) is 0 Å². The van der Waals surface area contributed by atoms with Crippen LogP contribution in [0.5, 0.6) is 0 Å². The van der Waals surface area contributed by atoms with Crippen LogP contribution in [-0.4, -0.2) is 32.9 Å². The Kier molecular flexibility index (Phi) is 3.73. The summed E-state index contributed by atoms with van der Waals surface area (Å²) in [5, 5.41) is 16.7. The van der Waals surface area contributed by atoms with Gasteiger partial charge in [-0.05, 0) is 32.8 Å². The maximum atomic E-state index is 12.7. The number of nitrogens with one attached hydrogen (secondary N) is 1. The van der Waals surface area contributed by atoms with Crippen LogP contribution in [0.25, 0.3) is 11.1 Å². The Morgan fingerprint density at radius 1 is 1.38 bits per heavy atom. The summed E-state index contributed by atoms with van der Waals surface area (Å²) >= 11 is 1.34. The molecule has 3 aromatic heterocycles. The zero-order valence-electron chi connectivity index (χ0n) is 13.2. The molecular weight excluding hydrogens is 330 g/mol. The van der Waals surface area contributed by atoms with Gasteiger partial charge in [-0.3, -0.25) is 10.1 Å². The van der Waals surface area contributed by atoms with Crippen LogP contribution in [0.4, 0.5) is 5.13 Å². The van der Waals surface area contributed by atoms with Crippen molar-refractivity contribution >= 4 is 33.5 Å². The fourth-order valence-corrected chi connectivity index (χ4v) is 3.57. The lowest BCUT2D eigenvalue weighted by molar-refractivity contribution is 0.102. The van der Waals surface area contributed by atoms with Crippen molar-refractivity contribution in [2.45, 2.75) is 32.8 Å². The number of carbonyl (C=O) groups is 1. The summed E-state index contributed by atoms with van der Waals surface area (Å²) in [4.78, 5) is 16.9. The van der Waals surface area contributed by atoms with Crippen LogP contribution in [-0.2, 0) is 4.74 Å². The number of fused-ring (bicyclic) bond motifs is 1. The fourth-order valence-electron chi connectivity index (χ4n) is 2.75.